The second-order valence-corrected chi connectivity index (χ2v) is 9.00. The summed E-state index contributed by atoms with van der Waals surface area (Å²) in [5, 5.41) is 5.09. The molecule has 3 heteroatoms. The van der Waals surface area contributed by atoms with Crippen molar-refractivity contribution >= 4 is 10.2 Å². The highest BCUT2D eigenvalue weighted by atomic mass is 32.3. The van der Waals surface area contributed by atoms with Crippen molar-refractivity contribution in [3.8, 4) is 0 Å². The predicted molar refractivity (Wildman–Crippen MR) is 88.8 cm³/mol. The van der Waals surface area contributed by atoms with E-state index < -0.39 is 10.2 Å². The lowest BCUT2D eigenvalue weighted by molar-refractivity contribution is 0.541. The average Bonchev–Trinajstić information content (AvgIpc) is 3.05. The number of nitrogens with zero attached hydrogens (tertiary/aromatic N) is 2. The maximum atomic E-state index is 4.27. The Balaban J connectivity index is 1.85. The molecule has 0 spiro atoms. The molecule has 1 atom stereocenters. The number of hydrogen-bond acceptors (Lipinski definition) is 1. The maximum absolute atomic E-state index is 4.27. The Morgan fingerprint density at radius 1 is 1.25 bits per heavy atom. The van der Waals surface area contributed by atoms with Crippen LogP contribution in [0.3, 0.4) is 0 Å². The molecule has 20 heavy (non-hydrogen) atoms. The van der Waals surface area contributed by atoms with Gasteiger partial charge in [0.05, 0.1) is 0 Å². The third kappa shape index (κ3) is 2.73. The van der Waals surface area contributed by atoms with Gasteiger partial charge in [0.1, 0.15) is 6.33 Å². The standard InChI is InChI=1S/C17H26N2S/c1-2-12-20(19-11-10-18-15-19)13-9-17(14-20)16-7-5-3-4-6-8-16/h9-11,13-16H,2-8,12H2,1H3. The van der Waals surface area contributed by atoms with Crippen LogP contribution in [0.1, 0.15) is 51.9 Å². The van der Waals surface area contributed by atoms with E-state index in [4.69, 9.17) is 0 Å². The van der Waals surface area contributed by atoms with Gasteiger partial charge in [-0.15, -0.1) is 10.2 Å². The molecular formula is C17H26N2S. The molecule has 2 nitrogen and oxygen atoms in total. The summed E-state index contributed by atoms with van der Waals surface area (Å²) in [6.45, 7) is 2.29. The maximum Gasteiger partial charge on any atom is 0.104 e. The average molecular weight is 290 g/mol. The van der Waals surface area contributed by atoms with E-state index in [1.165, 1.54) is 50.7 Å². The van der Waals surface area contributed by atoms with Gasteiger partial charge < -0.3 is 0 Å². The lowest BCUT2D eigenvalue weighted by Crippen LogP contribution is -2.07. The highest BCUT2D eigenvalue weighted by Gasteiger charge is 2.27. The Labute approximate surface area is 124 Å². The van der Waals surface area contributed by atoms with Crippen LogP contribution in [0.5, 0.6) is 0 Å². The van der Waals surface area contributed by atoms with E-state index in [9.17, 15) is 0 Å². The third-order valence-electron chi connectivity index (χ3n) is 4.57. The molecule has 0 saturated heterocycles. The van der Waals surface area contributed by atoms with Crippen molar-refractivity contribution in [1.29, 1.82) is 0 Å². The summed E-state index contributed by atoms with van der Waals surface area (Å²) in [6, 6.07) is 0. The van der Waals surface area contributed by atoms with Crippen molar-refractivity contribution in [2.45, 2.75) is 51.9 Å². The molecular weight excluding hydrogens is 264 g/mol. The Kier molecular flexibility index (Phi) is 4.35. The topological polar surface area (TPSA) is 17.8 Å². The lowest BCUT2D eigenvalue weighted by Gasteiger charge is -2.33. The second-order valence-electron chi connectivity index (χ2n) is 6.05. The Bertz CT molecular complexity index is 481. The van der Waals surface area contributed by atoms with Gasteiger partial charge in [-0.3, -0.25) is 3.97 Å². The minimum atomic E-state index is -0.945. The van der Waals surface area contributed by atoms with E-state index in [0.29, 0.717) is 0 Å². The first kappa shape index (κ1) is 14.0. The van der Waals surface area contributed by atoms with Crippen LogP contribution in [0, 0.1) is 5.92 Å². The fourth-order valence-electron chi connectivity index (χ4n) is 3.49. The molecule has 2 heterocycles. The number of aromatic nitrogens is 2. The molecule has 110 valence electrons. The molecule has 1 unspecified atom stereocenters. The summed E-state index contributed by atoms with van der Waals surface area (Å²) < 4.78 is 2.36. The molecule has 0 radical (unpaired) electrons. The molecule has 1 aromatic rings. The molecule has 0 N–H and O–H groups in total. The zero-order chi connectivity index (χ0) is 13.8. The van der Waals surface area contributed by atoms with Crippen molar-refractivity contribution in [3.05, 3.63) is 41.2 Å². The largest absolute Gasteiger partial charge is 0.292 e. The van der Waals surface area contributed by atoms with Gasteiger partial charge in [-0.2, -0.15) is 0 Å². The predicted octanol–water partition coefficient (Wildman–Crippen LogP) is 5.24. The van der Waals surface area contributed by atoms with Crippen molar-refractivity contribution < 1.29 is 0 Å². The first-order valence-electron chi connectivity index (χ1n) is 8.03. The number of allylic oxidation sites excluding steroid dienone is 2. The molecule has 0 aromatic carbocycles. The molecule has 1 aliphatic heterocycles. The van der Waals surface area contributed by atoms with Crippen LogP contribution in [-0.4, -0.2) is 14.7 Å². The SMILES string of the molecule is CCCS1(n2ccnc2)C=CC(C2CCCCCC2)=C1. The van der Waals surface area contributed by atoms with Gasteiger partial charge >= 0.3 is 0 Å². The van der Waals surface area contributed by atoms with E-state index in [1.54, 1.807) is 5.57 Å². The van der Waals surface area contributed by atoms with Crippen molar-refractivity contribution in [1.82, 2.24) is 8.96 Å². The van der Waals surface area contributed by atoms with E-state index in [2.05, 4.69) is 39.0 Å². The molecule has 0 bridgehead atoms. The molecule has 1 saturated carbocycles. The molecule has 1 aromatic heterocycles. The fourth-order valence-corrected chi connectivity index (χ4v) is 6.60. The van der Waals surface area contributed by atoms with Crippen LogP contribution in [0.2, 0.25) is 0 Å². The number of imidazole rings is 1. The van der Waals surface area contributed by atoms with Crippen LogP contribution in [0.25, 0.3) is 0 Å². The van der Waals surface area contributed by atoms with Gasteiger partial charge in [0.2, 0.25) is 0 Å². The molecule has 2 aliphatic rings. The van der Waals surface area contributed by atoms with E-state index in [0.717, 1.165) is 5.92 Å². The van der Waals surface area contributed by atoms with Crippen molar-refractivity contribution in [2.24, 2.45) is 5.92 Å². The summed E-state index contributed by atoms with van der Waals surface area (Å²) >= 11 is 0. The highest BCUT2D eigenvalue weighted by Crippen LogP contribution is 2.58. The van der Waals surface area contributed by atoms with Gasteiger partial charge in [0, 0.05) is 18.1 Å². The van der Waals surface area contributed by atoms with Gasteiger partial charge in [-0.1, -0.05) is 38.7 Å². The quantitative estimate of drug-likeness (QED) is 0.693. The fraction of sp³-hybridized carbons (Fsp3) is 0.588. The minimum Gasteiger partial charge on any atom is -0.292 e. The normalized spacial score (nSPS) is 30.8. The van der Waals surface area contributed by atoms with Crippen LogP contribution < -0.4 is 0 Å². The van der Waals surface area contributed by atoms with Crippen LogP contribution >= 0.6 is 10.2 Å². The summed E-state index contributed by atoms with van der Waals surface area (Å²) in [6.07, 6.45) is 18.2. The van der Waals surface area contributed by atoms with Gasteiger partial charge in [0.25, 0.3) is 0 Å². The van der Waals surface area contributed by atoms with Gasteiger partial charge in [-0.05, 0) is 41.6 Å². The minimum absolute atomic E-state index is 0.809. The second kappa shape index (κ2) is 6.21. The lowest BCUT2D eigenvalue weighted by atomic mass is 9.93. The highest BCUT2D eigenvalue weighted by molar-refractivity contribution is 8.37. The Morgan fingerprint density at radius 2 is 2.05 bits per heavy atom. The zero-order valence-electron chi connectivity index (χ0n) is 12.5. The summed E-state index contributed by atoms with van der Waals surface area (Å²) in [5.41, 5.74) is 1.61. The third-order valence-corrected chi connectivity index (χ3v) is 7.92. The Hall–Kier alpha value is -0.960. The first-order valence-corrected chi connectivity index (χ1v) is 9.92. The summed E-state index contributed by atoms with van der Waals surface area (Å²) in [7, 11) is -0.945. The van der Waals surface area contributed by atoms with Crippen LogP contribution in [-0.2, 0) is 0 Å². The van der Waals surface area contributed by atoms with Crippen molar-refractivity contribution in [2.75, 3.05) is 5.75 Å². The smallest absolute Gasteiger partial charge is 0.104 e. The van der Waals surface area contributed by atoms with Gasteiger partial charge in [-0.25, -0.2) is 4.98 Å². The molecule has 1 aliphatic carbocycles. The van der Waals surface area contributed by atoms with E-state index in [1.807, 2.05) is 12.5 Å². The number of hydrogen-bond donors (Lipinski definition) is 0. The van der Waals surface area contributed by atoms with E-state index in [-0.39, 0.29) is 0 Å². The molecule has 3 rings (SSSR count). The monoisotopic (exact) mass is 290 g/mol. The summed E-state index contributed by atoms with van der Waals surface area (Å²) in [5.74, 6) is 2.05. The first-order chi connectivity index (χ1) is 9.84. The van der Waals surface area contributed by atoms with Crippen molar-refractivity contribution in [3.63, 3.8) is 0 Å². The van der Waals surface area contributed by atoms with E-state index >= 15 is 0 Å². The zero-order valence-corrected chi connectivity index (χ0v) is 13.3. The van der Waals surface area contributed by atoms with Gasteiger partial charge in [0.15, 0.2) is 0 Å². The molecule has 0 amide bonds. The van der Waals surface area contributed by atoms with Crippen LogP contribution in [0.15, 0.2) is 41.2 Å². The Morgan fingerprint density at radius 3 is 2.70 bits per heavy atom. The van der Waals surface area contributed by atoms with Crippen LogP contribution in [0.4, 0.5) is 0 Å². The number of rotatable bonds is 4. The summed E-state index contributed by atoms with van der Waals surface area (Å²) in [4.78, 5) is 4.27. The molecule has 1 fully saturated rings.